The summed E-state index contributed by atoms with van der Waals surface area (Å²) in [5.74, 6) is 1.35. The average Bonchev–Trinajstić information content (AvgIpc) is 3.32. The molecule has 2 atom stereocenters. The second kappa shape index (κ2) is 8.90. The van der Waals surface area contributed by atoms with E-state index in [1.807, 2.05) is 37.3 Å². The number of guanidine groups is 1. The van der Waals surface area contributed by atoms with E-state index in [0.29, 0.717) is 12.5 Å². The second-order valence-electron chi connectivity index (χ2n) is 7.02. The van der Waals surface area contributed by atoms with Crippen LogP contribution in [0.2, 0.25) is 0 Å². The molecule has 0 spiro atoms. The maximum absolute atomic E-state index is 11.9. The number of rotatable bonds is 6. The first-order valence-corrected chi connectivity index (χ1v) is 9.38. The van der Waals surface area contributed by atoms with Crippen LogP contribution >= 0.6 is 0 Å². The van der Waals surface area contributed by atoms with Gasteiger partial charge in [-0.15, -0.1) is 0 Å². The zero-order valence-corrected chi connectivity index (χ0v) is 16.2. The van der Waals surface area contributed by atoms with Crippen LogP contribution in [0.3, 0.4) is 0 Å². The fourth-order valence-electron chi connectivity index (χ4n) is 2.95. The summed E-state index contributed by atoms with van der Waals surface area (Å²) in [5.41, 5.74) is 0.856. The fraction of sp³-hybridized carbons (Fsp3) is 0.500. The molecule has 2 heterocycles. The van der Waals surface area contributed by atoms with Crippen LogP contribution in [0.5, 0.6) is 0 Å². The standard InChI is InChI=1S/C20H28N4O3/c1-14(18-11-15-7-4-5-9-17(15)27-18)23-20(22-13-19(25)24(2)3)21-12-16-8-6-10-26-16/h4-5,7,9,11,14,16H,6,8,10,12-13H2,1-3H3,(H2,21,22,23). The lowest BCUT2D eigenvalue weighted by atomic mass is 10.2. The van der Waals surface area contributed by atoms with Crippen molar-refractivity contribution >= 4 is 22.8 Å². The molecule has 1 amide bonds. The van der Waals surface area contributed by atoms with Crippen molar-refractivity contribution in [1.29, 1.82) is 0 Å². The van der Waals surface area contributed by atoms with Crippen LogP contribution in [-0.4, -0.2) is 56.7 Å². The van der Waals surface area contributed by atoms with Crippen molar-refractivity contribution in [2.75, 3.05) is 33.8 Å². The molecule has 7 nitrogen and oxygen atoms in total. The third-order valence-electron chi connectivity index (χ3n) is 4.62. The molecule has 3 rings (SSSR count). The van der Waals surface area contributed by atoms with Gasteiger partial charge in [-0.3, -0.25) is 4.79 Å². The third-order valence-corrected chi connectivity index (χ3v) is 4.62. The summed E-state index contributed by atoms with van der Waals surface area (Å²) < 4.78 is 11.6. The van der Waals surface area contributed by atoms with Crippen molar-refractivity contribution in [1.82, 2.24) is 15.5 Å². The molecule has 0 radical (unpaired) electrons. The number of carbonyl (C=O) groups is 1. The number of para-hydroxylation sites is 1. The van der Waals surface area contributed by atoms with Crippen LogP contribution in [-0.2, 0) is 9.53 Å². The smallest absolute Gasteiger partial charge is 0.243 e. The van der Waals surface area contributed by atoms with Gasteiger partial charge in [-0.05, 0) is 31.9 Å². The predicted octanol–water partition coefficient (Wildman–Crippen LogP) is 2.30. The van der Waals surface area contributed by atoms with Gasteiger partial charge >= 0.3 is 0 Å². The number of amides is 1. The molecule has 0 bridgehead atoms. The summed E-state index contributed by atoms with van der Waals surface area (Å²) >= 11 is 0. The summed E-state index contributed by atoms with van der Waals surface area (Å²) in [7, 11) is 3.45. The van der Waals surface area contributed by atoms with E-state index in [0.717, 1.165) is 36.2 Å². The maximum Gasteiger partial charge on any atom is 0.243 e. The van der Waals surface area contributed by atoms with Gasteiger partial charge in [0.15, 0.2) is 5.96 Å². The molecule has 1 aliphatic heterocycles. The van der Waals surface area contributed by atoms with Crippen molar-refractivity contribution in [3.8, 4) is 0 Å². The zero-order chi connectivity index (χ0) is 19.2. The monoisotopic (exact) mass is 372 g/mol. The summed E-state index contributed by atoms with van der Waals surface area (Å²) in [6.07, 6.45) is 2.31. The Bertz CT molecular complexity index is 760. The highest BCUT2D eigenvalue weighted by atomic mass is 16.5. The molecule has 1 saturated heterocycles. The SMILES string of the molecule is CC(NC(=NCC(=O)N(C)C)NCC1CCCO1)c1cc2ccccc2o1. The number of furan rings is 1. The van der Waals surface area contributed by atoms with Gasteiger partial charge in [0.05, 0.1) is 12.1 Å². The quantitative estimate of drug-likeness (QED) is 0.601. The number of hydrogen-bond acceptors (Lipinski definition) is 4. The molecule has 146 valence electrons. The molecule has 1 fully saturated rings. The Labute approximate surface area is 159 Å². The van der Waals surface area contributed by atoms with Crippen molar-refractivity contribution in [3.63, 3.8) is 0 Å². The van der Waals surface area contributed by atoms with E-state index in [1.165, 1.54) is 4.90 Å². The Kier molecular flexibility index (Phi) is 6.34. The van der Waals surface area contributed by atoms with Crippen LogP contribution in [0.25, 0.3) is 11.0 Å². The van der Waals surface area contributed by atoms with E-state index in [9.17, 15) is 4.79 Å². The van der Waals surface area contributed by atoms with E-state index in [1.54, 1.807) is 14.1 Å². The van der Waals surface area contributed by atoms with Crippen molar-refractivity contribution in [2.45, 2.75) is 31.9 Å². The second-order valence-corrected chi connectivity index (χ2v) is 7.02. The Balaban J connectivity index is 1.67. The molecule has 27 heavy (non-hydrogen) atoms. The van der Waals surface area contributed by atoms with Crippen molar-refractivity contribution < 1.29 is 13.9 Å². The van der Waals surface area contributed by atoms with Crippen LogP contribution in [0, 0.1) is 0 Å². The topological polar surface area (TPSA) is 79.1 Å². The van der Waals surface area contributed by atoms with Gasteiger partial charge in [0.1, 0.15) is 17.9 Å². The lowest BCUT2D eigenvalue weighted by Gasteiger charge is -2.19. The maximum atomic E-state index is 11.9. The Morgan fingerprint density at radius 3 is 2.89 bits per heavy atom. The van der Waals surface area contributed by atoms with E-state index < -0.39 is 0 Å². The highest BCUT2D eigenvalue weighted by molar-refractivity contribution is 5.85. The van der Waals surface area contributed by atoms with E-state index in [-0.39, 0.29) is 24.6 Å². The molecular weight excluding hydrogens is 344 g/mol. The fourth-order valence-corrected chi connectivity index (χ4v) is 2.95. The van der Waals surface area contributed by atoms with Gasteiger partial charge in [0.2, 0.25) is 5.91 Å². The van der Waals surface area contributed by atoms with Gasteiger partial charge in [0, 0.05) is 32.6 Å². The minimum absolute atomic E-state index is 0.0513. The van der Waals surface area contributed by atoms with Gasteiger partial charge in [-0.2, -0.15) is 0 Å². The van der Waals surface area contributed by atoms with Crippen LogP contribution in [0.1, 0.15) is 31.6 Å². The van der Waals surface area contributed by atoms with E-state index in [2.05, 4.69) is 15.6 Å². The molecule has 0 saturated carbocycles. The third kappa shape index (κ3) is 5.23. The van der Waals surface area contributed by atoms with Crippen molar-refractivity contribution in [2.24, 2.45) is 4.99 Å². The zero-order valence-electron chi connectivity index (χ0n) is 16.2. The Hall–Kier alpha value is -2.54. The van der Waals surface area contributed by atoms with Gasteiger partial charge in [0.25, 0.3) is 0 Å². The molecule has 2 unspecified atom stereocenters. The number of carbonyl (C=O) groups excluding carboxylic acids is 1. The molecule has 7 heteroatoms. The highest BCUT2D eigenvalue weighted by Crippen LogP contribution is 2.23. The summed E-state index contributed by atoms with van der Waals surface area (Å²) in [6, 6.07) is 9.85. The molecule has 1 aromatic carbocycles. The van der Waals surface area contributed by atoms with Crippen LogP contribution in [0.15, 0.2) is 39.7 Å². The van der Waals surface area contributed by atoms with Crippen LogP contribution < -0.4 is 10.6 Å². The van der Waals surface area contributed by atoms with E-state index >= 15 is 0 Å². The molecule has 1 aromatic heterocycles. The first kappa shape index (κ1) is 19.2. The molecule has 2 N–H and O–H groups in total. The molecule has 0 aliphatic carbocycles. The minimum Gasteiger partial charge on any atom is -0.459 e. The summed E-state index contributed by atoms with van der Waals surface area (Å²) in [5, 5.41) is 7.69. The summed E-state index contributed by atoms with van der Waals surface area (Å²) in [6.45, 7) is 3.56. The lowest BCUT2D eigenvalue weighted by Crippen LogP contribution is -2.42. The van der Waals surface area contributed by atoms with Gasteiger partial charge in [-0.25, -0.2) is 4.99 Å². The number of hydrogen-bond donors (Lipinski definition) is 2. The number of nitrogens with one attached hydrogen (secondary N) is 2. The van der Waals surface area contributed by atoms with E-state index in [4.69, 9.17) is 9.15 Å². The highest BCUT2D eigenvalue weighted by Gasteiger charge is 2.18. The number of likely N-dealkylation sites (N-methyl/N-ethyl adjacent to an activating group) is 1. The van der Waals surface area contributed by atoms with Crippen molar-refractivity contribution in [3.05, 3.63) is 36.1 Å². The van der Waals surface area contributed by atoms with Gasteiger partial charge in [-0.1, -0.05) is 18.2 Å². The number of fused-ring (bicyclic) bond motifs is 1. The normalized spacial score (nSPS) is 18.5. The first-order valence-electron chi connectivity index (χ1n) is 9.38. The Morgan fingerprint density at radius 2 is 2.19 bits per heavy atom. The number of ether oxygens (including phenoxy) is 1. The number of benzene rings is 1. The first-order chi connectivity index (χ1) is 13.0. The number of aliphatic imine (C=N–C) groups is 1. The van der Waals surface area contributed by atoms with Crippen LogP contribution in [0.4, 0.5) is 0 Å². The lowest BCUT2D eigenvalue weighted by molar-refractivity contribution is -0.127. The largest absolute Gasteiger partial charge is 0.459 e. The predicted molar refractivity (Wildman–Crippen MR) is 106 cm³/mol. The van der Waals surface area contributed by atoms with Gasteiger partial charge < -0.3 is 24.7 Å². The molecular formula is C20H28N4O3. The average molecular weight is 372 g/mol. The Morgan fingerprint density at radius 1 is 1.37 bits per heavy atom. The number of nitrogens with zero attached hydrogens (tertiary/aromatic N) is 2. The minimum atomic E-state index is -0.0948. The summed E-state index contributed by atoms with van der Waals surface area (Å²) in [4.78, 5) is 17.9. The molecule has 1 aliphatic rings. The molecule has 2 aromatic rings.